The largest absolute Gasteiger partial charge is 0.469 e. The summed E-state index contributed by atoms with van der Waals surface area (Å²) >= 11 is 3.43. The van der Waals surface area contributed by atoms with Crippen molar-refractivity contribution in [3.8, 4) is 11.5 Å². The second-order valence-electron chi connectivity index (χ2n) is 4.48. The van der Waals surface area contributed by atoms with E-state index in [4.69, 9.17) is 8.83 Å². The molecule has 0 radical (unpaired) electrons. The van der Waals surface area contributed by atoms with E-state index in [0.29, 0.717) is 16.7 Å². The number of hydrogen-bond donors (Lipinski definition) is 0. The zero-order valence-corrected chi connectivity index (χ0v) is 14.6. The fourth-order valence-corrected chi connectivity index (χ4v) is 2.85. The Hall–Kier alpha value is -1.61. The summed E-state index contributed by atoms with van der Waals surface area (Å²) in [6.45, 7) is 1.83. The highest BCUT2D eigenvalue weighted by atomic mass is 127. The standard InChI is InChI=1S/C15H11IN2O3S/c1-9-12(6-7-20-9)14-17-18-15(21-14)22-8-13(19)10-2-4-11(16)5-3-10/h2-7H,8H2,1H3. The van der Waals surface area contributed by atoms with Gasteiger partial charge in [-0.3, -0.25) is 4.79 Å². The van der Waals surface area contributed by atoms with Crippen LogP contribution in [0.1, 0.15) is 16.1 Å². The van der Waals surface area contributed by atoms with Gasteiger partial charge in [-0.05, 0) is 47.7 Å². The molecule has 7 heteroatoms. The van der Waals surface area contributed by atoms with E-state index in [-0.39, 0.29) is 11.5 Å². The maximum Gasteiger partial charge on any atom is 0.277 e. The van der Waals surface area contributed by atoms with Crippen molar-refractivity contribution in [2.24, 2.45) is 0 Å². The molecule has 0 saturated carbocycles. The van der Waals surface area contributed by atoms with E-state index in [2.05, 4.69) is 32.8 Å². The SMILES string of the molecule is Cc1occc1-c1nnc(SCC(=O)c2ccc(I)cc2)o1. The van der Waals surface area contributed by atoms with Crippen molar-refractivity contribution in [2.75, 3.05) is 5.75 Å². The van der Waals surface area contributed by atoms with Crippen LogP contribution in [0.3, 0.4) is 0 Å². The molecule has 2 aromatic heterocycles. The van der Waals surface area contributed by atoms with Crippen molar-refractivity contribution in [3.63, 3.8) is 0 Å². The molecule has 0 aliphatic carbocycles. The second-order valence-corrected chi connectivity index (χ2v) is 6.65. The molecule has 112 valence electrons. The lowest BCUT2D eigenvalue weighted by Crippen LogP contribution is -2.02. The van der Waals surface area contributed by atoms with E-state index in [1.54, 1.807) is 12.3 Å². The minimum Gasteiger partial charge on any atom is -0.469 e. The number of aromatic nitrogens is 2. The van der Waals surface area contributed by atoms with Crippen LogP contribution in [0.25, 0.3) is 11.5 Å². The highest BCUT2D eigenvalue weighted by Gasteiger charge is 2.14. The molecule has 0 saturated heterocycles. The van der Waals surface area contributed by atoms with Gasteiger partial charge in [0, 0.05) is 9.13 Å². The molecule has 0 spiro atoms. The number of carbonyl (C=O) groups excluding carboxylic acids is 1. The molecule has 0 bridgehead atoms. The molecule has 0 aliphatic heterocycles. The van der Waals surface area contributed by atoms with Gasteiger partial charge in [-0.2, -0.15) is 0 Å². The van der Waals surface area contributed by atoms with Crippen LogP contribution in [0.4, 0.5) is 0 Å². The van der Waals surface area contributed by atoms with Gasteiger partial charge in [0.05, 0.1) is 17.6 Å². The first-order chi connectivity index (χ1) is 10.6. The summed E-state index contributed by atoms with van der Waals surface area (Å²) in [5, 5.41) is 8.29. The second kappa shape index (κ2) is 6.66. The maximum absolute atomic E-state index is 12.1. The van der Waals surface area contributed by atoms with Gasteiger partial charge in [0.15, 0.2) is 5.78 Å². The lowest BCUT2D eigenvalue weighted by molar-refractivity contribution is 0.102. The van der Waals surface area contributed by atoms with Crippen LogP contribution >= 0.6 is 34.4 Å². The molecule has 0 amide bonds. The summed E-state index contributed by atoms with van der Waals surface area (Å²) in [6.07, 6.45) is 1.57. The number of ketones is 1. The Morgan fingerprint density at radius 3 is 2.68 bits per heavy atom. The minimum absolute atomic E-state index is 0.0284. The highest BCUT2D eigenvalue weighted by molar-refractivity contribution is 14.1. The van der Waals surface area contributed by atoms with E-state index >= 15 is 0 Å². The lowest BCUT2D eigenvalue weighted by Gasteiger charge is -1.99. The molecule has 3 rings (SSSR count). The van der Waals surface area contributed by atoms with Crippen molar-refractivity contribution in [2.45, 2.75) is 12.1 Å². The maximum atomic E-state index is 12.1. The van der Waals surface area contributed by atoms with E-state index in [1.807, 2.05) is 31.2 Å². The number of nitrogens with zero attached hydrogens (tertiary/aromatic N) is 2. The highest BCUT2D eigenvalue weighted by Crippen LogP contribution is 2.26. The molecule has 0 atom stereocenters. The van der Waals surface area contributed by atoms with Crippen molar-refractivity contribution >= 4 is 40.1 Å². The van der Waals surface area contributed by atoms with Crippen LogP contribution in [0, 0.1) is 10.5 Å². The monoisotopic (exact) mass is 426 g/mol. The lowest BCUT2D eigenvalue weighted by atomic mass is 10.2. The van der Waals surface area contributed by atoms with Gasteiger partial charge >= 0.3 is 0 Å². The summed E-state index contributed by atoms with van der Waals surface area (Å²) < 4.78 is 11.8. The number of rotatable bonds is 5. The topological polar surface area (TPSA) is 69.1 Å². The normalized spacial score (nSPS) is 10.8. The average molecular weight is 426 g/mol. The van der Waals surface area contributed by atoms with Crippen molar-refractivity contribution in [3.05, 3.63) is 51.5 Å². The van der Waals surface area contributed by atoms with Gasteiger partial charge in [0.25, 0.3) is 11.1 Å². The van der Waals surface area contributed by atoms with Crippen molar-refractivity contribution in [1.82, 2.24) is 10.2 Å². The van der Waals surface area contributed by atoms with Gasteiger partial charge in [0.1, 0.15) is 5.76 Å². The van der Waals surface area contributed by atoms with Crippen molar-refractivity contribution < 1.29 is 13.6 Å². The summed E-state index contributed by atoms with van der Waals surface area (Å²) in [7, 11) is 0. The van der Waals surface area contributed by atoms with Gasteiger partial charge in [-0.1, -0.05) is 23.9 Å². The molecular formula is C15H11IN2O3S. The first kappa shape index (κ1) is 15.3. The molecule has 2 heterocycles. The molecule has 0 N–H and O–H groups in total. The number of benzene rings is 1. The van der Waals surface area contributed by atoms with Crippen LogP contribution < -0.4 is 0 Å². The van der Waals surface area contributed by atoms with Gasteiger partial charge in [0.2, 0.25) is 0 Å². The number of carbonyl (C=O) groups is 1. The van der Waals surface area contributed by atoms with Crippen LogP contribution in [0.15, 0.2) is 50.7 Å². The Morgan fingerprint density at radius 2 is 2.00 bits per heavy atom. The number of halogens is 1. The Labute approximate surface area is 144 Å². The number of furan rings is 1. The minimum atomic E-state index is 0.0284. The fourth-order valence-electron chi connectivity index (χ4n) is 1.83. The molecule has 3 aromatic rings. The van der Waals surface area contributed by atoms with E-state index in [0.717, 1.165) is 14.9 Å². The zero-order chi connectivity index (χ0) is 15.5. The predicted octanol–water partition coefficient (Wildman–Crippen LogP) is 4.22. The third-order valence-electron chi connectivity index (χ3n) is 2.99. The summed E-state index contributed by atoms with van der Waals surface area (Å²) in [5.41, 5.74) is 1.45. The number of aryl methyl sites for hydroxylation is 1. The smallest absolute Gasteiger partial charge is 0.277 e. The Balaban J connectivity index is 1.65. The molecule has 0 aliphatic rings. The third kappa shape index (κ3) is 3.41. The molecule has 0 unspecified atom stereocenters. The Bertz CT molecular complexity index is 795. The molecule has 5 nitrogen and oxygen atoms in total. The number of hydrogen-bond acceptors (Lipinski definition) is 6. The van der Waals surface area contributed by atoms with Crippen LogP contribution in [-0.4, -0.2) is 21.7 Å². The van der Waals surface area contributed by atoms with E-state index in [9.17, 15) is 4.79 Å². The van der Waals surface area contributed by atoms with E-state index < -0.39 is 0 Å². The molecular weight excluding hydrogens is 415 g/mol. The summed E-state index contributed by atoms with van der Waals surface area (Å²) in [4.78, 5) is 12.1. The van der Waals surface area contributed by atoms with Crippen LogP contribution in [0.2, 0.25) is 0 Å². The van der Waals surface area contributed by atoms with Crippen LogP contribution in [-0.2, 0) is 0 Å². The number of Topliss-reactive ketones (excluding diaryl/α,β-unsaturated/α-hetero) is 1. The third-order valence-corrected chi connectivity index (χ3v) is 4.53. The van der Waals surface area contributed by atoms with Gasteiger partial charge in [-0.25, -0.2) is 0 Å². The Kier molecular flexibility index (Phi) is 4.63. The average Bonchev–Trinajstić information content (AvgIpc) is 3.14. The summed E-state index contributed by atoms with van der Waals surface area (Å²) in [6, 6.07) is 9.22. The van der Waals surface area contributed by atoms with Crippen molar-refractivity contribution in [1.29, 1.82) is 0 Å². The van der Waals surface area contributed by atoms with Crippen LogP contribution in [0.5, 0.6) is 0 Å². The number of thioether (sulfide) groups is 1. The molecule has 22 heavy (non-hydrogen) atoms. The summed E-state index contributed by atoms with van der Waals surface area (Å²) in [5.74, 6) is 1.40. The molecule has 0 fully saturated rings. The van der Waals surface area contributed by atoms with Gasteiger partial charge < -0.3 is 8.83 Å². The first-order valence-corrected chi connectivity index (χ1v) is 8.49. The predicted molar refractivity (Wildman–Crippen MR) is 91.0 cm³/mol. The Morgan fingerprint density at radius 1 is 1.23 bits per heavy atom. The molecule has 1 aromatic carbocycles. The first-order valence-electron chi connectivity index (χ1n) is 6.43. The zero-order valence-electron chi connectivity index (χ0n) is 11.6. The quantitative estimate of drug-likeness (QED) is 0.346. The van der Waals surface area contributed by atoms with Gasteiger partial charge in [-0.15, -0.1) is 10.2 Å². The fraction of sp³-hybridized carbons (Fsp3) is 0.133. The van der Waals surface area contributed by atoms with E-state index in [1.165, 1.54) is 11.8 Å².